The van der Waals surface area contributed by atoms with Gasteiger partial charge in [-0.2, -0.15) is 5.10 Å². The molecule has 0 saturated carbocycles. The van der Waals surface area contributed by atoms with E-state index in [1.54, 1.807) is 49.4 Å². The molecule has 174 valence electrons. The molecular formula is C25H24N4O5. The molecule has 0 atom stereocenters. The molecule has 0 spiro atoms. The van der Waals surface area contributed by atoms with Crippen LogP contribution in [0.25, 0.3) is 16.8 Å². The lowest BCUT2D eigenvalue weighted by atomic mass is 10.1. The van der Waals surface area contributed by atoms with Crippen LogP contribution in [0.5, 0.6) is 11.5 Å². The van der Waals surface area contributed by atoms with Crippen LogP contribution >= 0.6 is 0 Å². The highest BCUT2D eigenvalue weighted by Crippen LogP contribution is 2.34. The number of para-hydroxylation sites is 1. The zero-order valence-corrected chi connectivity index (χ0v) is 18.8. The fourth-order valence-electron chi connectivity index (χ4n) is 3.38. The summed E-state index contributed by atoms with van der Waals surface area (Å²) < 4.78 is 17.5. The lowest BCUT2D eigenvalue weighted by Crippen LogP contribution is -2.36. The molecule has 0 aliphatic heterocycles. The average Bonchev–Trinajstić information content (AvgIpc) is 3.56. The zero-order chi connectivity index (χ0) is 23.9. The molecule has 0 radical (unpaired) electrons. The Labute approximate surface area is 196 Å². The van der Waals surface area contributed by atoms with E-state index in [-0.39, 0.29) is 24.7 Å². The predicted molar refractivity (Wildman–Crippen MR) is 125 cm³/mol. The Hall–Kier alpha value is -4.53. The Morgan fingerprint density at radius 2 is 1.76 bits per heavy atom. The largest absolute Gasteiger partial charge is 0.493 e. The van der Waals surface area contributed by atoms with E-state index in [0.29, 0.717) is 28.4 Å². The second kappa shape index (κ2) is 10.4. The summed E-state index contributed by atoms with van der Waals surface area (Å²) in [6, 6.07) is 18.3. The number of amides is 2. The normalized spacial score (nSPS) is 10.5. The summed E-state index contributed by atoms with van der Waals surface area (Å²) in [5.41, 5.74) is 2.26. The number of methoxy groups -OCH3 is 2. The van der Waals surface area contributed by atoms with Gasteiger partial charge in [0.25, 0.3) is 5.91 Å². The third-order valence-electron chi connectivity index (χ3n) is 5.09. The Bertz CT molecular complexity index is 1270. The number of hydrogen-bond acceptors (Lipinski definition) is 6. The van der Waals surface area contributed by atoms with Gasteiger partial charge in [-0.05, 0) is 42.0 Å². The van der Waals surface area contributed by atoms with Crippen molar-refractivity contribution in [1.29, 1.82) is 0 Å². The van der Waals surface area contributed by atoms with Crippen LogP contribution < -0.4 is 20.1 Å². The number of nitrogens with zero attached hydrogens (tertiary/aromatic N) is 2. The highest BCUT2D eigenvalue weighted by atomic mass is 16.5. The van der Waals surface area contributed by atoms with E-state index in [0.717, 1.165) is 5.69 Å². The summed E-state index contributed by atoms with van der Waals surface area (Å²) in [7, 11) is 3.10. The standard InChI is InChI=1S/C25H24N4O5/c1-32-21-11-10-17(13-22(21)33-2)20-16-29(18-7-4-3-5-8-18)28-24(20)25(31)27-15-23(30)26-14-19-9-6-12-34-19/h3-13,16H,14-15H2,1-2H3,(H,26,30)(H,27,31). The van der Waals surface area contributed by atoms with E-state index in [4.69, 9.17) is 13.9 Å². The van der Waals surface area contributed by atoms with Gasteiger partial charge in [0.05, 0.1) is 39.3 Å². The molecule has 0 aliphatic carbocycles. The maximum absolute atomic E-state index is 13.1. The summed E-state index contributed by atoms with van der Waals surface area (Å²) >= 11 is 0. The molecule has 0 aliphatic rings. The van der Waals surface area contributed by atoms with Crippen molar-refractivity contribution in [1.82, 2.24) is 20.4 Å². The van der Waals surface area contributed by atoms with Gasteiger partial charge in [0.15, 0.2) is 17.2 Å². The Balaban J connectivity index is 1.58. The lowest BCUT2D eigenvalue weighted by Gasteiger charge is -2.10. The molecule has 0 fully saturated rings. The summed E-state index contributed by atoms with van der Waals surface area (Å²) in [4.78, 5) is 25.2. The minimum atomic E-state index is -0.479. The smallest absolute Gasteiger partial charge is 0.272 e. The Morgan fingerprint density at radius 1 is 0.971 bits per heavy atom. The first-order valence-electron chi connectivity index (χ1n) is 10.5. The van der Waals surface area contributed by atoms with Crippen molar-refractivity contribution in [2.45, 2.75) is 6.54 Å². The topological polar surface area (TPSA) is 108 Å². The molecule has 0 unspecified atom stereocenters. The first kappa shape index (κ1) is 22.7. The molecule has 2 heterocycles. The number of hydrogen-bond donors (Lipinski definition) is 2. The molecule has 2 aromatic heterocycles. The fraction of sp³-hybridized carbons (Fsp3) is 0.160. The van der Waals surface area contributed by atoms with Crippen LogP contribution in [0.4, 0.5) is 0 Å². The third-order valence-corrected chi connectivity index (χ3v) is 5.09. The summed E-state index contributed by atoms with van der Waals surface area (Å²) in [5.74, 6) is 0.890. The maximum Gasteiger partial charge on any atom is 0.272 e. The minimum Gasteiger partial charge on any atom is -0.493 e. The molecule has 4 rings (SSSR count). The van der Waals surface area contributed by atoms with Crippen LogP contribution in [0.3, 0.4) is 0 Å². The fourth-order valence-corrected chi connectivity index (χ4v) is 3.38. The second-order valence-corrected chi connectivity index (χ2v) is 7.28. The van der Waals surface area contributed by atoms with E-state index in [2.05, 4.69) is 15.7 Å². The van der Waals surface area contributed by atoms with Crippen molar-refractivity contribution < 1.29 is 23.5 Å². The van der Waals surface area contributed by atoms with Crippen LogP contribution in [-0.4, -0.2) is 42.4 Å². The van der Waals surface area contributed by atoms with Crippen LogP contribution in [0.15, 0.2) is 77.5 Å². The Kier molecular flexibility index (Phi) is 6.92. The van der Waals surface area contributed by atoms with Crippen molar-refractivity contribution in [2.75, 3.05) is 20.8 Å². The molecule has 2 N–H and O–H groups in total. The first-order valence-corrected chi connectivity index (χ1v) is 10.5. The van der Waals surface area contributed by atoms with Crippen LogP contribution in [0.2, 0.25) is 0 Å². The summed E-state index contributed by atoms with van der Waals surface area (Å²) in [6.45, 7) is 0.0321. The molecule has 0 bridgehead atoms. The van der Waals surface area contributed by atoms with Crippen LogP contribution in [0, 0.1) is 0 Å². The van der Waals surface area contributed by atoms with Gasteiger partial charge < -0.3 is 24.5 Å². The van der Waals surface area contributed by atoms with E-state index in [1.807, 2.05) is 36.4 Å². The summed E-state index contributed by atoms with van der Waals surface area (Å²) in [5, 5.41) is 9.84. The van der Waals surface area contributed by atoms with E-state index in [1.165, 1.54) is 6.26 Å². The van der Waals surface area contributed by atoms with Gasteiger partial charge in [-0.3, -0.25) is 9.59 Å². The molecule has 0 saturated heterocycles. The number of carbonyl (C=O) groups excluding carboxylic acids is 2. The lowest BCUT2D eigenvalue weighted by molar-refractivity contribution is -0.120. The van der Waals surface area contributed by atoms with Crippen LogP contribution in [0.1, 0.15) is 16.2 Å². The van der Waals surface area contributed by atoms with E-state index >= 15 is 0 Å². The molecular weight excluding hydrogens is 436 g/mol. The monoisotopic (exact) mass is 460 g/mol. The quantitative estimate of drug-likeness (QED) is 0.397. The van der Waals surface area contributed by atoms with Gasteiger partial charge in [0.2, 0.25) is 5.91 Å². The number of aromatic nitrogens is 2. The van der Waals surface area contributed by atoms with Gasteiger partial charge in [0, 0.05) is 11.8 Å². The minimum absolute atomic E-state index is 0.176. The Morgan fingerprint density at radius 3 is 2.47 bits per heavy atom. The predicted octanol–water partition coefficient (Wildman–Crippen LogP) is 3.20. The van der Waals surface area contributed by atoms with Gasteiger partial charge in [-0.1, -0.05) is 24.3 Å². The third kappa shape index (κ3) is 5.09. The average molecular weight is 460 g/mol. The molecule has 9 nitrogen and oxygen atoms in total. The highest BCUT2D eigenvalue weighted by Gasteiger charge is 2.21. The molecule has 2 amide bonds. The number of nitrogens with one attached hydrogen (secondary N) is 2. The highest BCUT2D eigenvalue weighted by molar-refractivity contribution is 6.00. The number of ether oxygens (including phenoxy) is 2. The van der Waals surface area contributed by atoms with Gasteiger partial charge in [-0.25, -0.2) is 4.68 Å². The number of carbonyl (C=O) groups is 2. The second-order valence-electron chi connectivity index (χ2n) is 7.28. The number of rotatable bonds is 9. The van der Waals surface area contributed by atoms with E-state index < -0.39 is 5.91 Å². The maximum atomic E-state index is 13.1. The van der Waals surface area contributed by atoms with Gasteiger partial charge in [0.1, 0.15) is 5.76 Å². The van der Waals surface area contributed by atoms with Gasteiger partial charge >= 0.3 is 0 Å². The molecule has 34 heavy (non-hydrogen) atoms. The SMILES string of the molecule is COc1ccc(-c2cn(-c3ccccc3)nc2C(=O)NCC(=O)NCc2ccco2)cc1OC. The van der Waals surface area contributed by atoms with Crippen molar-refractivity contribution in [3.63, 3.8) is 0 Å². The van der Waals surface area contributed by atoms with Crippen LogP contribution in [-0.2, 0) is 11.3 Å². The first-order chi connectivity index (χ1) is 16.6. The van der Waals surface area contributed by atoms with Crippen molar-refractivity contribution in [3.05, 3.63) is 84.6 Å². The number of benzene rings is 2. The summed E-state index contributed by atoms with van der Waals surface area (Å²) in [6.07, 6.45) is 3.30. The molecule has 2 aromatic carbocycles. The zero-order valence-electron chi connectivity index (χ0n) is 18.8. The molecule has 4 aromatic rings. The number of furan rings is 1. The van der Waals surface area contributed by atoms with Crippen molar-refractivity contribution >= 4 is 11.8 Å². The van der Waals surface area contributed by atoms with Gasteiger partial charge in [-0.15, -0.1) is 0 Å². The van der Waals surface area contributed by atoms with Crippen molar-refractivity contribution in [3.8, 4) is 28.3 Å². The molecule has 9 heteroatoms. The van der Waals surface area contributed by atoms with Crippen molar-refractivity contribution in [2.24, 2.45) is 0 Å². The van der Waals surface area contributed by atoms with E-state index in [9.17, 15) is 9.59 Å².